The van der Waals surface area contributed by atoms with E-state index in [1.54, 1.807) is 6.20 Å². The van der Waals surface area contributed by atoms with Gasteiger partial charge >= 0.3 is 6.03 Å². The van der Waals surface area contributed by atoms with Crippen LogP contribution >= 0.6 is 0 Å². The molecule has 0 aliphatic carbocycles. The molecule has 0 fully saturated rings. The zero-order chi connectivity index (χ0) is 16.4. The van der Waals surface area contributed by atoms with Crippen molar-refractivity contribution in [2.45, 2.75) is 19.4 Å². The minimum Gasteiger partial charge on any atom is -0.361 e. The molecule has 0 unspecified atom stereocenters. The number of benzene rings is 1. The fourth-order valence-corrected chi connectivity index (χ4v) is 3.00. The largest absolute Gasteiger partial charge is 0.361 e. The van der Waals surface area contributed by atoms with Gasteiger partial charge in [-0.15, -0.1) is 0 Å². The Morgan fingerprint density at radius 1 is 1.35 bits per heavy atom. The molecule has 0 bridgehead atoms. The number of hydrogen-bond acceptors (Lipinski definition) is 4. The number of carbonyl (C=O) groups excluding carboxylic acids is 1. The Hall–Kier alpha value is -2.63. The maximum Gasteiger partial charge on any atom is 0.322 e. The molecular weight excluding hydrogens is 290 g/mol. The molecule has 6 nitrogen and oxygen atoms in total. The summed E-state index contributed by atoms with van der Waals surface area (Å²) in [5.41, 5.74) is 3.15. The van der Waals surface area contributed by atoms with Crippen LogP contribution in [0, 0.1) is 0 Å². The number of anilines is 2. The van der Waals surface area contributed by atoms with Gasteiger partial charge in [0.25, 0.3) is 0 Å². The molecule has 0 saturated heterocycles. The van der Waals surface area contributed by atoms with Crippen molar-refractivity contribution in [3.8, 4) is 0 Å². The molecule has 0 spiro atoms. The Kier molecular flexibility index (Phi) is 4.14. The van der Waals surface area contributed by atoms with Crippen LogP contribution in [0.5, 0.6) is 0 Å². The first-order chi connectivity index (χ1) is 11.1. The van der Waals surface area contributed by atoms with Gasteiger partial charge in [-0.25, -0.2) is 14.8 Å². The van der Waals surface area contributed by atoms with E-state index >= 15 is 0 Å². The molecule has 1 atom stereocenters. The van der Waals surface area contributed by atoms with Crippen LogP contribution in [0.4, 0.5) is 16.3 Å². The molecule has 120 valence electrons. The van der Waals surface area contributed by atoms with Crippen molar-refractivity contribution in [1.82, 2.24) is 14.9 Å². The number of urea groups is 1. The van der Waals surface area contributed by atoms with Crippen LogP contribution in [-0.2, 0) is 6.42 Å². The quantitative estimate of drug-likeness (QED) is 0.926. The summed E-state index contributed by atoms with van der Waals surface area (Å²) in [5, 5.41) is 2.94. The van der Waals surface area contributed by atoms with E-state index in [9.17, 15) is 4.79 Å². The van der Waals surface area contributed by atoms with E-state index in [4.69, 9.17) is 0 Å². The number of aromatic nitrogens is 2. The van der Waals surface area contributed by atoms with E-state index < -0.39 is 0 Å². The van der Waals surface area contributed by atoms with Gasteiger partial charge in [-0.1, -0.05) is 24.3 Å². The zero-order valence-corrected chi connectivity index (χ0v) is 13.7. The molecule has 0 radical (unpaired) electrons. The predicted molar refractivity (Wildman–Crippen MR) is 90.6 cm³/mol. The van der Waals surface area contributed by atoms with Crippen LogP contribution in [0.25, 0.3) is 0 Å². The second-order valence-corrected chi connectivity index (χ2v) is 5.90. The molecule has 1 aliphatic heterocycles. The fraction of sp³-hybridized carbons (Fsp3) is 0.353. The smallest absolute Gasteiger partial charge is 0.322 e. The van der Waals surface area contributed by atoms with Gasteiger partial charge in [-0.2, -0.15) is 0 Å². The number of rotatable bonds is 2. The summed E-state index contributed by atoms with van der Waals surface area (Å²) < 4.78 is 0. The van der Waals surface area contributed by atoms with Crippen molar-refractivity contribution >= 4 is 17.5 Å². The molecule has 6 heteroatoms. The van der Waals surface area contributed by atoms with Crippen LogP contribution in [0.1, 0.15) is 24.1 Å². The van der Waals surface area contributed by atoms with Crippen LogP contribution in [0.15, 0.2) is 36.8 Å². The lowest BCUT2D eigenvalue weighted by Gasteiger charge is -2.35. The van der Waals surface area contributed by atoms with E-state index in [2.05, 4.69) is 34.3 Å². The van der Waals surface area contributed by atoms with Crippen LogP contribution < -0.4 is 10.2 Å². The average Bonchev–Trinajstić information content (AvgIpc) is 2.55. The SMILES string of the molecule is C[C@H]1c2ccccc2CCN1C(=O)Nc1cncnc1N(C)C. The number of hydrogen-bond donors (Lipinski definition) is 1. The Morgan fingerprint density at radius 2 is 2.13 bits per heavy atom. The first kappa shape index (κ1) is 15.3. The van der Waals surface area contributed by atoms with Crippen LogP contribution in [-0.4, -0.2) is 41.5 Å². The second-order valence-electron chi connectivity index (χ2n) is 5.90. The number of nitrogens with one attached hydrogen (secondary N) is 1. The van der Waals surface area contributed by atoms with E-state index in [-0.39, 0.29) is 12.1 Å². The van der Waals surface area contributed by atoms with Crippen molar-refractivity contribution in [2.75, 3.05) is 30.9 Å². The van der Waals surface area contributed by atoms with Crippen molar-refractivity contribution in [2.24, 2.45) is 0 Å². The zero-order valence-electron chi connectivity index (χ0n) is 13.7. The summed E-state index contributed by atoms with van der Waals surface area (Å²) >= 11 is 0. The first-order valence-electron chi connectivity index (χ1n) is 7.70. The molecule has 2 heterocycles. The van der Waals surface area contributed by atoms with Gasteiger partial charge in [0, 0.05) is 20.6 Å². The van der Waals surface area contributed by atoms with Gasteiger partial charge in [-0.05, 0) is 24.5 Å². The Bertz CT molecular complexity index is 716. The molecule has 3 rings (SSSR count). The standard InChI is InChI=1S/C17H21N5O/c1-12-14-7-5-4-6-13(14)8-9-22(12)17(23)20-15-10-18-11-19-16(15)21(2)3/h4-7,10-12H,8-9H2,1-3H3,(H,20,23)/t12-/m0/s1. The summed E-state index contributed by atoms with van der Waals surface area (Å²) in [6.07, 6.45) is 3.98. The van der Waals surface area contributed by atoms with Gasteiger partial charge < -0.3 is 15.1 Å². The maximum absolute atomic E-state index is 12.7. The number of nitrogens with zero attached hydrogens (tertiary/aromatic N) is 4. The fourth-order valence-electron chi connectivity index (χ4n) is 3.00. The van der Waals surface area contributed by atoms with E-state index in [1.807, 2.05) is 36.0 Å². The summed E-state index contributed by atoms with van der Waals surface area (Å²) in [7, 11) is 3.77. The highest BCUT2D eigenvalue weighted by atomic mass is 16.2. The lowest BCUT2D eigenvalue weighted by Crippen LogP contribution is -2.41. The highest BCUT2D eigenvalue weighted by molar-refractivity contribution is 5.92. The lowest BCUT2D eigenvalue weighted by molar-refractivity contribution is 0.188. The Balaban J connectivity index is 1.80. The summed E-state index contributed by atoms with van der Waals surface area (Å²) in [6, 6.07) is 8.22. The molecule has 2 aromatic rings. The predicted octanol–water partition coefficient (Wildman–Crippen LogP) is 2.69. The lowest BCUT2D eigenvalue weighted by atomic mass is 9.94. The summed E-state index contributed by atoms with van der Waals surface area (Å²) in [4.78, 5) is 24.6. The number of fused-ring (bicyclic) bond motifs is 1. The van der Waals surface area contributed by atoms with Gasteiger partial charge in [0.05, 0.1) is 12.2 Å². The summed E-state index contributed by atoms with van der Waals surface area (Å²) in [5.74, 6) is 0.693. The molecule has 2 amide bonds. The van der Waals surface area contributed by atoms with Crippen molar-refractivity contribution in [3.05, 3.63) is 47.9 Å². The van der Waals surface area contributed by atoms with Gasteiger partial charge in [-0.3, -0.25) is 0 Å². The third kappa shape index (κ3) is 2.97. The van der Waals surface area contributed by atoms with Gasteiger partial charge in [0.15, 0.2) is 5.82 Å². The topological polar surface area (TPSA) is 61.4 Å². The van der Waals surface area contributed by atoms with E-state index in [0.29, 0.717) is 18.1 Å². The molecule has 1 aromatic carbocycles. The molecule has 1 N–H and O–H groups in total. The van der Waals surface area contributed by atoms with E-state index in [0.717, 1.165) is 6.42 Å². The third-order valence-corrected chi connectivity index (χ3v) is 4.21. The highest BCUT2D eigenvalue weighted by Gasteiger charge is 2.27. The molecule has 1 aliphatic rings. The maximum atomic E-state index is 12.7. The first-order valence-corrected chi connectivity index (χ1v) is 7.70. The van der Waals surface area contributed by atoms with Crippen LogP contribution in [0.3, 0.4) is 0 Å². The van der Waals surface area contributed by atoms with Gasteiger partial charge in [0.2, 0.25) is 0 Å². The Labute approximate surface area is 136 Å². The molecular formula is C17H21N5O. The number of amides is 2. The number of carbonyl (C=O) groups is 1. The van der Waals surface area contributed by atoms with Crippen LogP contribution in [0.2, 0.25) is 0 Å². The van der Waals surface area contributed by atoms with E-state index in [1.165, 1.54) is 17.5 Å². The minimum absolute atomic E-state index is 0.0485. The minimum atomic E-state index is -0.120. The molecule has 23 heavy (non-hydrogen) atoms. The molecule has 1 aromatic heterocycles. The Morgan fingerprint density at radius 3 is 2.91 bits per heavy atom. The monoisotopic (exact) mass is 311 g/mol. The second kappa shape index (κ2) is 6.24. The van der Waals surface area contributed by atoms with Gasteiger partial charge in [0.1, 0.15) is 12.0 Å². The average molecular weight is 311 g/mol. The van der Waals surface area contributed by atoms with Crippen molar-refractivity contribution in [1.29, 1.82) is 0 Å². The third-order valence-electron chi connectivity index (χ3n) is 4.21. The highest BCUT2D eigenvalue weighted by Crippen LogP contribution is 2.30. The molecule has 0 saturated carbocycles. The normalized spacial score (nSPS) is 16.7. The summed E-state index contributed by atoms with van der Waals surface area (Å²) in [6.45, 7) is 2.76. The van der Waals surface area contributed by atoms with Crippen molar-refractivity contribution in [3.63, 3.8) is 0 Å². The van der Waals surface area contributed by atoms with Crippen molar-refractivity contribution < 1.29 is 4.79 Å².